The Balaban J connectivity index is 1.79. The average Bonchev–Trinajstić information content (AvgIpc) is 2.29. The molecule has 0 amide bonds. The molecule has 15 heavy (non-hydrogen) atoms. The zero-order valence-corrected chi connectivity index (χ0v) is 10.1. The van der Waals surface area contributed by atoms with Crippen molar-refractivity contribution >= 4 is 0 Å². The van der Waals surface area contributed by atoms with Crippen molar-refractivity contribution in [3.8, 4) is 0 Å². The molecule has 0 bridgehead atoms. The van der Waals surface area contributed by atoms with Crippen LogP contribution in [0.15, 0.2) is 0 Å². The fourth-order valence-electron chi connectivity index (χ4n) is 2.00. The highest BCUT2D eigenvalue weighted by Crippen LogP contribution is 2.16. The summed E-state index contributed by atoms with van der Waals surface area (Å²) in [6.45, 7) is 4.37. The summed E-state index contributed by atoms with van der Waals surface area (Å²) in [6.07, 6.45) is 8.16. The Morgan fingerprint density at radius 3 is 2.73 bits per heavy atom. The van der Waals surface area contributed by atoms with Crippen molar-refractivity contribution in [2.45, 2.75) is 44.6 Å². The van der Waals surface area contributed by atoms with Crippen LogP contribution in [-0.2, 0) is 4.74 Å². The molecule has 0 aromatic heterocycles. The van der Waals surface area contributed by atoms with Gasteiger partial charge in [0.25, 0.3) is 0 Å². The molecule has 0 saturated carbocycles. The van der Waals surface area contributed by atoms with E-state index in [4.69, 9.17) is 4.74 Å². The SMILES string of the molecule is CNCCCNCCCC1CCCCO1. The minimum absolute atomic E-state index is 0.554. The Labute approximate surface area is 94.0 Å². The van der Waals surface area contributed by atoms with Crippen molar-refractivity contribution in [2.24, 2.45) is 0 Å². The number of hydrogen-bond acceptors (Lipinski definition) is 3. The summed E-state index contributed by atoms with van der Waals surface area (Å²) in [4.78, 5) is 0. The average molecular weight is 214 g/mol. The monoisotopic (exact) mass is 214 g/mol. The lowest BCUT2D eigenvalue weighted by Crippen LogP contribution is -2.23. The summed E-state index contributed by atoms with van der Waals surface area (Å²) >= 11 is 0. The van der Waals surface area contributed by atoms with E-state index in [0.29, 0.717) is 6.10 Å². The summed E-state index contributed by atoms with van der Waals surface area (Å²) in [6, 6.07) is 0. The van der Waals surface area contributed by atoms with Gasteiger partial charge in [-0.05, 0) is 65.2 Å². The first-order valence-electron chi connectivity index (χ1n) is 6.40. The molecule has 1 heterocycles. The van der Waals surface area contributed by atoms with E-state index in [2.05, 4.69) is 10.6 Å². The molecule has 1 aliphatic rings. The van der Waals surface area contributed by atoms with Crippen LogP contribution in [0.3, 0.4) is 0 Å². The molecule has 0 aromatic rings. The van der Waals surface area contributed by atoms with Crippen LogP contribution in [0.2, 0.25) is 0 Å². The number of rotatable bonds is 8. The summed E-state index contributed by atoms with van der Waals surface area (Å²) in [5, 5.41) is 6.61. The largest absolute Gasteiger partial charge is 0.378 e. The molecule has 1 saturated heterocycles. The van der Waals surface area contributed by atoms with E-state index < -0.39 is 0 Å². The summed E-state index contributed by atoms with van der Waals surface area (Å²) < 4.78 is 5.69. The first-order chi connectivity index (χ1) is 7.43. The topological polar surface area (TPSA) is 33.3 Å². The van der Waals surface area contributed by atoms with Crippen molar-refractivity contribution in [1.82, 2.24) is 10.6 Å². The van der Waals surface area contributed by atoms with Gasteiger partial charge in [0.1, 0.15) is 0 Å². The first-order valence-corrected chi connectivity index (χ1v) is 6.40. The Hall–Kier alpha value is -0.120. The highest BCUT2D eigenvalue weighted by molar-refractivity contribution is 4.64. The Bertz CT molecular complexity index is 136. The molecule has 1 unspecified atom stereocenters. The molecule has 0 spiro atoms. The lowest BCUT2D eigenvalue weighted by atomic mass is 10.0. The minimum Gasteiger partial charge on any atom is -0.378 e. The van der Waals surface area contributed by atoms with Crippen LogP contribution in [0.25, 0.3) is 0 Å². The van der Waals surface area contributed by atoms with Crippen molar-refractivity contribution in [3.05, 3.63) is 0 Å². The van der Waals surface area contributed by atoms with Gasteiger partial charge in [0, 0.05) is 6.61 Å². The molecule has 0 radical (unpaired) electrons. The molecule has 2 N–H and O–H groups in total. The fraction of sp³-hybridized carbons (Fsp3) is 1.00. The molecule has 0 aromatic carbocycles. The summed E-state index contributed by atoms with van der Waals surface area (Å²) in [5.74, 6) is 0. The predicted molar refractivity (Wildman–Crippen MR) is 64.2 cm³/mol. The van der Waals surface area contributed by atoms with Gasteiger partial charge in [0.2, 0.25) is 0 Å². The van der Waals surface area contributed by atoms with Crippen LogP contribution in [-0.4, -0.2) is 39.4 Å². The highest BCUT2D eigenvalue weighted by Gasteiger charge is 2.12. The second kappa shape index (κ2) is 9.13. The van der Waals surface area contributed by atoms with Crippen molar-refractivity contribution in [3.63, 3.8) is 0 Å². The van der Waals surface area contributed by atoms with E-state index in [1.807, 2.05) is 7.05 Å². The third-order valence-electron chi connectivity index (χ3n) is 2.93. The minimum atomic E-state index is 0.554. The van der Waals surface area contributed by atoms with Gasteiger partial charge in [-0.1, -0.05) is 0 Å². The van der Waals surface area contributed by atoms with E-state index in [1.165, 1.54) is 38.5 Å². The molecule has 0 aliphatic carbocycles. The van der Waals surface area contributed by atoms with Gasteiger partial charge in [-0.2, -0.15) is 0 Å². The molecular formula is C12H26N2O. The lowest BCUT2D eigenvalue weighted by Gasteiger charge is -2.22. The Morgan fingerprint density at radius 2 is 2.00 bits per heavy atom. The molecule has 1 aliphatic heterocycles. The molecule has 1 fully saturated rings. The zero-order valence-electron chi connectivity index (χ0n) is 10.1. The van der Waals surface area contributed by atoms with E-state index >= 15 is 0 Å². The van der Waals surface area contributed by atoms with E-state index in [-0.39, 0.29) is 0 Å². The summed E-state index contributed by atoms with van der Waals surface area (Å²) in [7, 11) is 2.00. The highest BCUT2D eigenvalue weighted by atomic mass is 16.5. The van der Waals surface area contributed by atoms with Crippen LogP contribution >= 0.6 is 0 Å². The molecule has 1 rings (SSSR count). The molecule has 3 nitrogen and oxygen atoms in total. The van der Waals surface area contributed by atoms with E-state index in [0.717, 1.165) is 26.2 Å². The van der Waals surface area contributed by atoms with Gasteiger partial charge in [0.05, 0.1) is 6.10 Å². The van der Waals surface area contributed by atoms with E-state index in [9.17, 15) is 0 Å². The molecule has 3 heteroatoms. The maximum atomic E-state index is 5.69. The Kier molecular flexibility index (Phi) is 7.88. The number of nitrogens with one attached hydrogen (secondary N) is 2. The lowest BCUT2D eigenvalue weighted by molar-refractivity contribution is 0.0102. The number of hydrogen-bond donors (Lipinski definition) is 2. The second-order valence-electron chi connectivity index (χ2n) is 4.34. The normalized spacial score (nSPS) is 21.8. The quantitative estimate of drug-likeness (QED) is 0.601. The fourth-order valence-corrected chi connectivity index (χ4v) is 2.00. The summed E-state index contributed by atoms with van der Waals surface area (Å²) in [5.41, 5.74) is 0. The Morgan fingerprint density at radius 1 is 1.13 bits per heavy atom. The van der Waals surface area contributed by atoms with Gasteiger partial charge >= 0.3 is 0 Å². The molecular weight excluding hydrogens is 188 g/mol. The van der Waals surface area contributed by atoms with Crippen LogP contribution in [0.5, 0.6) is 0 Å². The van der Waals surface area contributed by atoms with Crippen molar-refractivity contribution in [2.75, 3.05) is 33.3 Å². The van der Waals surface area contributed by atoms with Crippen LogP contribution < -0.4 is 10.6 Å². The maximum Gasteiger partial charge on any atom is 0.0575 e. The van der Waals surface area contributed by atoms with Crippen LogP contribution in [0.1, 0.15) is 38.5 Å². The predicted octanol–water partition coefficient (Wildman–Crippen LogP) is 1.53. The number of ether oxygens (including phenoxy) is 1. The first kappa shape index (κ1) is 12.9. The maximum absolute atomic E-state index is 5.69. The van der Waals surface area contributed by atoms with Crippen molar-refractivity contribution < 1.29 is 4.74 Å². The van der Waals surface area contributed by atoms with Gasteiger partial charge < -0.3 is 15.4 Å². The van der Waals surface area contributed by atoms with Crippen LogP contribution in [0, 0.1) is 0 Å². The zero-order chi connectivity index (χ0) is 10.8. The molecule has 90 valence electrons. The van der Waals surface area contributed by atoms with Crippen molar-refractivity contribution in [1.29, 1.82) is 0 Å². The molecule has 1 atom stereocenters. The third kappa shape index (κ3) is 6.88. The van der Waals surface area contributed by atoms with Gasteiger partial charge in [-0.3, -0.25) is 0 Å². The van der Waals surface area contributed by atoms with Gasteiger partial charge in [-0.25, -0.2) is 0 Å². The van der Waals surface area contributed by atoms with Gasteiger partial charge in [-0.15, -0.1) is 0 Å². The van der Waals surface area contributed by atoms with E-state index in [1.54, 1.807) is 0 Å². The van der Waals surface area contributed by atoms with Gasteiger partial charge in [0.15, 0.2) is 0 Å². The second-order valence-corrected chi connectivity index (χ2v) is 4.34. The smallest absolute Gasteiger partial charge is 0.0575 e. The third-order valence-corrected chi connectivity index (χ3v) is 2.93. The standard InChI is InChI=1S/C12H26N2O/c1-13-8-5-10-14-9-4-7-12-6-2-3-11-15-12/h12-14H,2-11H2,1H3. The van der Waals surface area contributed by atoms with Crippen LogP contribution in [0.4, 0.5) is 0 Å².